The minimum absolute atomic E-state index is 0.0455. The molecule has 3 N–H and O–H groups in total. The number of fused-ring (bicyclic) bond motifs is 1. The van der Waals surface area contributed by atoms with E-state index in [9.17, 15) is 19.2 Å². The Hall–Kier alpha value is -4.08. The molecule has 3 aromatic rings. The summed E-state index contributed by atoms with van der Waals surface area (Å²) in [5.74, 6) is -0.950. The maximum Gasteiger partial charge on any atom is 0.319 e. The van der Waals surface area contributed by atoms with Gasteiger partial charge in [-0.05, 0) is 54.2 Å². The lowest BCUT2D eigenvalue weighted by molar-refractivity contribution is -0.136. The summed E-state index contributed by atoms with van der Waals surface area (Å²) < 4.78 is 1.01. The summed E-state index contributed by atoms with van der Waals surface area (Å²) in [6.45, 7) is 8.12. The largest absolute Gasteiger partial charge is 0.331 e. The van der Waals surface area contributed by atoms with Crippen LogP contribution < -0.4 is 21.5 Å². The zero-order valence-corrected chi connectivity index (χ0v) is 20.1. The van der Waals surface area contributed by atoms with Crippen molar-refractivity contribution in [2.75, 3.05) is 5.32 Å². The fourth-order valence-electron chi connectivity index (χ4n) is 3.97. The van der Waals surface area contributed by atoms with Gasteiger partial charge in [0.25, 0.3) is 11.5 Å². The number of hydrogen-bond donors (Lipinski definition) is 3. The molecule has 35 heavy (non-hydrogen) atoms. The van der Waals surface area contributed by atoms with Crippen molar-refractivity contribution in [2.24, 2.45) is 0 Å². The van der Waals surface area contributed by atoms with Crippen LogP contribution in [0.4, 0.5) is 10.5 Å². The average molecular weight is 477 g/mol. The molecule has 2 heterocycles. The Morgan fingerprint density at radius 2 is 1.91 bits per heavy atom. The Morgan fingerprint density at radius 1 is 1.14 bits per heavy atom. The number of piperidine rings is 1. The van der Waals surface area contributed by atoms with Gasteiger partial charge in [-0.15, -0.1) is 5.10 Å². The molecule has 0 radical (unpaired) electrons. The third-order valence-electron chi connectivity index (χ3n) is 6.05. The predicted octanol–water partition coefficient (Wildman–Crippen LogP) is 2.95. The molecule has 1 aromatic heterocycles. The van der Waals surface area contributed by atoms with Gasteiger partial charge in [0, 0.05) is 12.1 Å². The number of hydrogen-bond acceptors (Lipinski definition) is 6. The number of nitrogens with one attached hydrogen (secondary N) is 3. The average Bonchev–Trinajstić information content (AvgIpc) is 2.79. The maximum absolute atomic E-state index is 13.1. The molecule has 2 aromatic carbocycles. The van der Waals surface area contributed by atoms with Crippen molar-refractivity contribution < 1.29 is 14.4 Å². The van der Waals surface area contributed by atoms with Crippen molar-refractivity contribution in [2.45, 2.75) is 58.0 Å². The topological polar surface area (TPSA) is 135 Å². The molecule has 1 fully saturated rings. The third-order valence-corrected chi connectivity index (χ3v) is 6.05. The van der Waals surface area contributed by atoms with E-state index in [1.54, 1.807) is 25.1 Å². The molecule has 10 heteroatoms. The Balaban J connectivity index is 1.53. The number of aromatic nitrogens is 3. The Labute approximate surface area is 202 Å². The quantitative estimate of drug-likeness (QED) is 0.496. The minimum Gasteiger partial charge on any atom is -0.331 e. The van der Waals surface area contributed by atoms with Crippen LogP contribution in [0.15, 0.2) is 47.3 Å². The molecule has 0 saturated carbocycles. The summed E-state index contributed by atoms with van der Waals surface area (Å²) in [7, 11) is 0. The number of nitrogens with zero attached hydrogens (tertiary/aromatic N) is 3. The van der Waals surface area contributed by atoms with Crippen molar-refractivity contribution in [3.63, 3.8) is 0 Å². The number of carbonyl (C=O) groups excluding carboxylic acids is 3. The monoisotopic (exact) mass is 476 g/mol. The predicted molar refractivity (Wildman–Crippen MR) is 131 cm³/mol. The van der Waals surface area contributed by atoms with E-state index in [0.29, 0.717) is 16.8 Å². The third kappa shape index (κ3) is 5.21. The molecular formula is C25H28N6O4. The van der Waals surface area contributed by atoms with Gasteiger partial charge in [0.2, 0.25) is 5.91 Å². The van der Waals surface area contributed by atoms with E-state index in [4.69, 9.17) is 0 Å². The summed E-state index contributed by atoms with van der Waals surface area (Å²) in [6, 6.07) is 11.0. The highest BCUT2D eigenvalue weighted by atomic mass is 16.2. The highest BCUT2D eigenvalue weighted by Crippen LogP contribution is 2.25. The summed E-state index contributed by atoms with van der Waals surface area (Å²) in [4.78, 5) is 49.4. The summed E-state index contributed by atoms with van der Waals surface area (Å²) in [6.07, 6.45) is 0.302. The summed E-state index contributed by atoms with van der Waals surface area (Å²) in [5, 5.41) is 16.2. The first-order valence-electron chi connectivity index (χ1n) is 11.4. The van der Waals surface area contributed by atoms with Gasteiger partial charge < -0.3 is 10.6 Å². The first-order chi connectivity index (χ1) is 16.5. The maximum atomic E-state index is 13.1. The fraction of sp³-hybridized carbons (Fsp3) is 0.360. The smallest absolute Gasteiger partial charge is 0.319 e. The molecule has 0 spiro atoms. The van der Waals surface area contributed by atoms with Gasteiger partial charge in [0.05, 0.1) is 11.4 Å². The van der Waals surface area contributed by atoms with E-state index in [1.807, 2.05) is 24.3 Å². The molecule has 182 valence electrons. The first-order valence-corrected chi connectivity index (χ1v) is 11.4. The number of imide groups is 1. The Morgan fingerprint density at radius 3 is 2.63 bits per heavy atom. The molecule has 1 aliphatic rings. The van der Waals surface area contributed by atoms with Gasteiger partial charge in [0.1, 0.15) is 11.6 Å². The number of urea groups is 1. The van der Waals surface area contributed by atoms with Crippen LogP contribution in [0.1, 0.15) is 63.7 Å². The molecule has 4 rings (SSSR count). The van der Waals surface area contributed by atoms with Crippen LogP contribution >= 0.6 is 0 Å². The highest BCUT2D eigenvalue weighted by Gasteiger charge is 2.30. The van der Waals surface area contributed by atoms with Gasteiger partial charge in [-0.1, -0.05) is 44.2 Å². The minimum atomic E-state index is -0.897. The molecule has 1 saturated heterocycles. The molecule has 10 nitrogen and oxygen atoms in total. The van der Waals surface area contributed by atoms with E-state index in [1.165, 1.54) is 0 Å². The molecular weight excluding hydrogens is 448 g/mol. The second-order valence-corrected chi connectivity index (χ2v) is 9.73. The van der Waals surface area contributed by atoms with Gasteiger partial charge >= 0.3 is 6.03 Å². The van der Waals surface area contributed by atoms with Crippen molar-refractivity contribution >= 4 is 34.4 Å². The number of benzene rings is 2. The van der Waals surface area contributed by atoms with Crippen LogP contribution in [0.2, 0.25) is 0 Å². The van der Waals surface area contributed by atoms with Crippen LogP contribution in [0, 0.1) is 0 Å². The molecule has 1 aliphatic heterocycles. The zero-order valence-electron chi connectivity index (χ0n) is 20.1. The van der Waals surface area contributed by atoms with Gasteiger partial charge in [-0.2, -0.15) is 4.68 Å². The van der Waals surface area contributed by atoms with E-state index >= 15 is 0 Å². The van der Waals surface area contributed by atoms with Gasteiger partial charge in [-0.3, -0.25) is 19.7 Å². The fourth-order valence-corrected chi connectivity index (χ4v) is 3.97. The van der Waals surface area contributed by atoms with Crippen molar-refractivity contribution in [3.8, 4) is 0 Å². The number of carbonyl (C=O) groups is 3. The molecule has 2 atom stereocenters. The van der Waals surface area contributed by atoms with Gasteiger partial charge in [-0.25, -0.2) is 4.79 Å². The van der Waals surface area contributed by atoms with Crippen molar-refractivity contribution in [1.29, 1.82) is 0 Å². The molecule has 2 unspecified atom stereocenters. The van der Waals surface area contributed by atoms with Crippen LogP contribution in [0.25, 0.3) is 10.9 Å². The van der Waals surface area contributed by atoms with E-state index in [2.05, 4.69) is 47.0 Å². The van der Waals surface area contributed by atoms with Crippen LogP contribution in [0.5, 0.6) is 0 Å². The highest BCUT2D eigenvalue weighted by molar-refractivity contribution is 5.99. The number of anilines is 1. The van der Waals surface area contributed by atoms with E-state index in [0.717, 1.165) is 10.2 Å². The summed E-state index contributed by atoms with van der Waals surface area (Å²) >= 11 is 0. The lowest BCUT2D eigenvalue weighted by atomic mass is 9.87. The second kappa shape index (κ2) is 9.28. The molecule has 0 bridgehead atoms. The van der Waals surface area contributed by atoms with Crippen LogP contribution in [-0.2, 0) is 15.0 Å². The lowest BCUT2D eigenvalue weighted by Gasteiger charge is -2.21. The van der Waals surface area contributed by atoms with E-state index < -0.39 is 23.6 Å². The molecule has 4 amide bonds. The standard InChI is InChI=1S/C25H28N6O4/c1-14(26-24(35)27-17-7-5-6-16(13-17)25(2,3)4)15-8-9-19-18(12-15)23(34)31(30-29-19)20-10-11-21(32)28-22(20)33/h5-9,12-14,20H,10-11H2,1-4H3,(H2,26,27,35)(H,28,32,33). The van der Waals surface area contributed by atoms with Crippen molar-refractivity contribution in [1.82, 2.24) is 25.6 Å². The van der Waals surface area contributed by atoms with E-state index in [-0.39, 0.29) is 35.6 Å². The summed E-state index contributed by atoms with van der Waals surface area (Å²) in [5.41, 5.74) is 2.32. The number of rotatable bonds is 4. The number of amides is 4. The van der Waals surface area contributed by atoms with Crippen molar-refractivity contribution in [3.05, 3.63) is 63.9 Å². The normalized spacial score (nSPS) is 17.1. The lowest BCUT2D eigenvalue weighted by Crippen LogP contribution is -2.45. The molecule has 0 aliphatic carbocycles. The Kier molecular flexibility index (Phi) is 6.38. The van der Waals surface area contributed by atoms with Crippen LogP contribution in [0.3, 0.4) is 0 Å². The Bertz CT molecular complexity index is 1370. The second-order valence-electron chi connectivity index (χ2n) is 9.73. The zero-order chi connectivity index (χ0) is 25.3. The SMILES string of the molecule is CC(NC(=O)Nc1cccc(C(C)(C)C)c1)c1ccc2nnn(C3CCC(=O)NC3=O)c(=O)c2c1. The first kappa shape index (κ1) is 24.1. The van der Waals surface area contributed by atoms with Crippen LogP contribution in [-0.4, -0.2) is 32.8 Å². The van der Waals surface area contributed by atoms with Gasteiger partial charge in [0.15, 0.2) is 0 Å².